The Kier molecular flexibility index (Phi) is 8.63. The molecule has 0 aromatic carbocycles. The smallest absolute Gasteiger partial charge is 0.0233 e. The van der Waals surface area contributed by atoms with E-state index < -0.39 is 0 Å². The van der Waals surface area contributed by atoms with E-state index in [2.05, 4.69) is 26.0 Å². The topological polar surface area (TPSA) is 0 Å². The van der Waals surface area contributed by atoms with E-state index in [0.29, 0.717) is 0 Å². The number of rotatable bonds is 8. The van der Waals surface area contributed by atoms with Crippen LogP contribution < -0.4 is 0 Å². The largest absolute Gasteiger partial charge is 0.0914 e. The Morgan fingerprint density at radius 3 is 1.59 bits per heavy atom. The zero-order valence-corrected chi connectivity index (χ0v) is 15.4. The van der Waals surface area contributed by atoms with E-state index in [1.807, 2.05) is 0 Å². The number of hydrogen-bond acceptors (Lipinski definition) is 0. The SMILES string of the molecule is C/C=C/C1CCC(CCCC[C@H]2CC[C@H](CCC)CC2)CC1. The maximum Gasteiger partial charge on any atom is -0.0233 e. The van der Waals surface area contributed by atoms with Crippen LogP contribution in [0, 0.1) is 23.7 Å². The maximum absolute atomic E-state index is 2.44. The van der Waals surface area contributed by atoms with Gasteiger partial charge >= 0.3 is 0 Å². The Balaban J connectivity index is 1.48. The summed E-state index contributed by atoms with van der Waals surface area (Å²) in [5, 5.41) is 0. The molecule has 0 aromatic heterocycles. The van der Waals surface area contributed by atoms with Gasteiger partial charge in [0.05, 0.1) is 0 Å². The second-order valence-corrected chi connectivity index (χ2v) is 8.27. The molecule has 22 heavy (non-hydrogen) atoms. The Labute approximate surface area is 140 Å². The van der Waals surface area contributed by atoms with Crippen molar-refractivity contribution in [2.45, 2.75) is 104 Å². The normalized spacial score (nSPS) is 33.4. The minimum Gasteiger partial charge on any atom is -0.0914 e. The van der Waals surface area contributed by atoms with Crippen LogP contribution in [0.15, 0.2) is 12.2 Å². The van der Waals surface area contributed by atoms with Crippen molar-refractivity contribution in [3.05, 3.63) is 12.2 Å². The van der Waals surface area contributed by atoms with Gasteiger partial charge in [-0.05, 0) is 56.3 Å². The first kappa shape index (κ1) is 18.1. The summed E-state index contributed by atoms with van der Waals surface area (Å²) in [7, 11) is 0. The van der Waals surface area contributed by atoms with Crippen LogP contribution in [0.4, 0.5) is 0 Å². The van der Waals surface area contributed by atoms with Crippen LogP contribution in [0.1, 0.15) is 104 Å². The van der Waals surface area contributed by atoms with E-state index in [9.17, 15) is 0 Å². The van der Waals surface area contributed by atoms with Crippen molar-refractivity contribution in [2.75, 3.05) is 0 Å². The highest BCUT2D eigenvalue weighted by atomic mass is 14.3. The van der Waals surface area contributed by atoms with Gasteiger partial charge in [0.2, 0.25) is 0 Å². The molecule has 0 amide bonds. The summed E-state index contributed by atoms with van der Waals surface area (Å²) >= 11 is 0. The van der Waals surface area contributed by atoms with Crippen LogP contribution in [0.2, 0.25) is 0 Å². The monoisotopic (exact) mass is 304 g/mol. The molecule has 0 radical (unpaired) electrons. The molecule has 2 fully saturated rings. The quantitative estimate of drug-likeness (QED) is 0.321. The molecule has 0 spiro atoms. The summed E-state index contributed by atoms with van der Waals surface area (Å²) in [6, 6.07) is 0. The average molecular weight is 305 g/mol. The summed E-state index contributed by atoms with van der Waals surface area (Å²) in [6.07, 6.45) is 25.7. The summed E-state index contributed by atoms with van der Waals surface area (Å²) in [6.45, 7) is 4.51. The van der Waals surface area contributed by atoms with Gasteiger partial charge in [0, 0.05) is 0 Å². The molecule has 0 heterocycles. The summed E-state index contributed by atoms with van der Waals surface area (Å²) in [4.78, 5) is 0. The molecule has 0 atom stereocenters. The van der Waals surface area contributed by atoms with E-state index >= 15 is 0 Å². The first-order valence-corrected chi connectivity index (χ1v) is 10.4. The average Bonchev–Trinajstić information content (AvgIpc) is 2.55. The van der Waals surface area contributed by atoms with E-state index in [1.165, 1.54) is 77.0 Å². The first-order chi connectivity index (χ1) is 10.8. The van der Waals surface area contributed by atoms with Crippen LogP contribution in [0.3, 0.4) is 0 Å². The Morgan fingerprint density at radius 1 is 0.682 bits per heavy atom. The third kappa shape index (κ3) is 6.47. The molecule has 0 nitrogen and oxygen atoms in total. The maximum atomic E-state index is 2.44. The Morgan fingerprint density at radius 2 is 1.14 bits per heavy atom. The van der Waals surface area contributed by atoms with Crippen molar-refractivity contribution >= 4 is 0 Å². The molecule has 2 rings (SSSR count). The van der Waals surface area contributed by atoms with Crippen LogP contribution >= 0.6 is 0 Å². The fraction of sp³-hybridized carbons (Fsp3) is 0.909. The molecule has 0 unspecified atom stereocenters. The number of hydrogen-bond donors (Lipinski definition) is 0. The van der Waals surface area contributed by atoms with Gasteiger partial charge < -0.3 is 0 Å². The molecule has 0 bridgehead atoms. The van der Waals surface area contributed by atoms with Crippen molar-refractivity contribution in [1.29, 1.82) is 0 Å². The standard InChI is InChI=1S/C22H40/c1-3-7-19-11-15-21(16-12-19)9-5-6-10-22-17-13-20(8-4-2)14-18-22/h3,7,19-22H,4-6,8-18H2,1-2H3/b7-3+/t19?,20-,21?,22-. The van der Waals surface area contributed by atoms with Gasteiger partial charge in [-0.15, -0.1) is 0 Å². The van der Waals surface area contributed by atoms with Gasteiger partial charge in [-0.25, -0.2) is 0 Å². The highest BCUT2D eigenvalue weighted by Gasteiger charge is 2.21. The Hall–Kier alpha value is -0.260. The van der Waals surface area contributed by atoms with Crippen molar-refractivity contribution < 1.29 is 0 Å². The van der Waals surface area contributed by atoms with Crippen LogP contribution in [-0.2, 0) is 0 Å². The lowest BCUT2D eigenvalue weighted by Gasteiger charge is -2.29. The van der Waals surface area contributed by atoms with Gasteiger partial charge in [0.1, 0.15) is 0 Å². The minimum absolute atomic E-state index is 0.902. The molecule has 0 heteroatoms. The third-order valence-electron chi connectivity index (χ3n) is 6.49. The van der Waals surface area contributed by atoms with Crippen LogP contribution in [0.25, 0.3) is 0 Å². The highest BCUT2D eigenvalue weighted by molar-refractivity contribution is 4.88. The van der Waals surface area contributed by atoms with Gasteiger partial charge in [-0.3, -0.25) is 0 Å². The van der Waals surface area contributed by atoms with Crippen molar-refractivity contribution in [1.82, 2.24) is 0 Å². The first-order valence-electron chi connectivity index (χ1n) is 10.4. The van der Waals surface area contributed by atoms with Crippen molar-refractivity contribution in [2.24, 2.45) is 23.7 Å². The molecule has 0 N–H and O–H groups in total. The predicted octanol–water partition coefficient (Wildman–Crippen LogP) is 7.54. The summed E-state index contributed by atoms with van der Waals surface area (Å²) < 4.78 is 0. The fourth-order valence-electron chi connectivity index (χ4n) is 5.02. The van der Waals surface area contributed by atoms with Gasteiger partial charge in [0.25, 0.3) is 0 Å². The zero-order valence-electron chi connectivity index (χ0n) is 15.4. The molecular formula is C22H40. The molecule has 0 aromatic rings. The molecule has 0 saturated heterocycles. The Bertz CT molecular complexity index is 287. The molecule has 2 aliphatic rings. The second kappa shape index (κ2) is 10.5. The lowest BCUT2D eigenvalue weighted by Crippen LogP contribution is -2.15. The van der Waals surface area contributed by atoms with E-state index in [0.717, 1.165) is 23.7 Å². The summed E-state index contributed by atoms with van der Waals surface area (Å²) in [5.41, 5.74) is 0. The summed E-state index contributed by atoms with van der Waals surface area (Å²) in [5.74, 6) is 4.12. The molecule has 2 saturated carbocycles. The van der Waals surface area contributed by atoms with Gasteiger partial charge in [-0.2, -0.15) is 0 Å². The van der Waals surface area contributed by atoms with Gasteiger partial charge in [0.15, 0.2) is 0 Å². The fourth-order valence-corrected chi connectivity index (χ4v) is 5.02. The molecule has 2 aliphatic carbocycles. The lowest BCUT2D eigenvalue weighted by atomic mass is 9.77. The molecular weight excluding hydrogens is 264 g/mol. The lowest BCUT2D eigenvalue weighted by molar-refractivity contribution is 0.242. The van der Waals surface area contributed by atoms with Crippen LogP contribution in [0.5, 0.6) is 0 Å². The minimum atomic E-state index is 0.902. The number of allylic oxidation sites excluding steroid dienone is 2. The molecule has 0 aliphatic heterocycles. The van der Waals surface area contributed by atoms with Crippen molar-refractivity contribution in [3.8, 4) is 0 Å². The van der Waals surface area contributed by atoms with Gasteiger partial charge in [-0.1, -0.05) is 83.3 Å². The van der Waals surface area contributed by atoms with Crippen LogP contribution in [-0.4, -0.2) is 0 Å². The van der Waals surface area contributed by atoms with E-state index in [4.69, 9.17) is 0 Å². The van der Waals surface area contributed by atoms with E-state index in [-0.39, 0.29) is 0 Å². The zero-order chi connectivity index (χ0) is 15.6. The second-order valence-electron chi connectivity index (χ2n) is 8.27. The molecule has 128 valence electrons. The van der Waals surface area contributed by atoms with Crippen molar-refractivity contribution in [3.63, 3.8) is 0 Å². The highest BCUT2D eigenvalue weighted by Crippen LogP contribution is 2.35. The van der Waals surface area contributed by atoms with E-state index in [1.54, 1.807) is 12.8 Å². The third-order valence-corrected chi connectivity index (χ3v) is 6.49. The number of unbranched alkanes of at least 4 members (excludes halogenated alkanes) is 1. The predicted molar refractivity (Wildman–Crippen MR) is 99.1 cm³/mol.